The first-order valence-electron chi connectivity index (χ1n) is 5.10. The van der Waals surface area contributed by atoms with Crippen LogP contribution in [0, 0.1) is 11.6 Å². The number of halogens is 2. The summed E-state index contributed by atoms with van der Waals surface area (Å²) in [7, 11) is 1.51. The zero-order valence-corrected chi connectivity index (χ0v) is 9.74. The summed E-state index contributed by atoms with van der Waals surface area (Å²) in [6, 6.07) is 2.74. The number of benzene rings is 1. The third-order valence-corrected chi connectivity index (χ3v) is 2.04. The highest BCUT2D eigenvalue weighted by atomic mass is 19.1. The third kappa shape index (κ3) is 4.46. The van der Waals surface area contributed by atoms with Crippen molar-refractivity contribution in [1.29, 1.82) is 0 Å². The van der Waals surface area contributed by atoms with Gasteiger partial charge in [0.15, 0.2) is 0 Å². The van der Waals surface area contributed by atoms with Crippen molar-refractivity contribution in [3.8, 4) is 0 Å². The number of hydrogen-bond donors (Lipinski definition) is 2. The number of carbonyl (C=O) groups is 2. The second-order valence-corrected chi connectivity index (χ2v) is 3.81. The molecule has 0 unspecified atom stereocenters. The van der Waals surface area contributed by atoms with E-state index in [1.54, 1.807) is 0 Å². The number of carbonyl (C=O) groups excluding carboxylic acids is 2. The Morgan fingerprint density at radius 1 is 1.33 bits per heavy atom. The highest BCUT2D eigenvalue weighted by Crippen LogP contribution is 2.14. The smallest absolute Gasteiger partial charge is 0.238 e. The van der Waals surface area contributed by atoms with E-state index in [0.29, 0.717) is 0 Å². The van der Waals surface area contributed by atoms with Gasteiger partial charge in [0.25, 0.3) is 0 Å². The molecule has 1 aromatic rings. The molecule has 0 spiro atoms. The van der Waals surface area contributed by atoms with Crippen molar-refractivity contribution in [3.63, 3.8) is 0 Å². The fraction of sp³-hybridized carbons (Fsp3) is 0.273. The van der Waals surface area contributed by atoms with Crippen molar-refractivity contribution in [2.24, 2.45) is 5.73 Å². The number of primary amides is 1. The van der Waals surface area contributed by atoms with Gasteiger partial charge in [-0.15, -0.1) is 0 Å². The molecule has 0 aliphatic rings. The van der Waals surface area contributed by atoms with Crippen molar-refractivity contribution in [2.45, 2.75) is 0 Å². The lowest BCUT2D eigenvalue weighted by Crippen LogP contribution is -2.36. The van der Waals surface area contributed by atoms with E-state index in [1.165, 1.54) is 11.9 Å². The Morgan fingerprint density at radius 2 is 2.00 bits per heavy atom. The Bertz CT molecular complexity index is 466. The van der Waals surface area contributed by atoms with Crippen LogP contribution in [-0.4, -0.2) is 36.9 Å². The van der Waals surface area contributed by atoms with Crippen LogP contribution in [0.1, 0.15) is 0 Å². The minimum absolute atomic E-state index is 0.0982. The minimum Gasteiger partial charge on any atom is -0.369 e. The summed E-state index contributed by atoms with van der Waals surface area (Å²) in [5.74, 6) is -2.54. The molecule has 0 saturated carbocycles. The predicted molar refractivity (Wildman–Crippen MR) is 61.7 cm³/mol. The molecule has 18 heavy (non-hydrogen) atoms. The monoisotopic (exact) mass is 257 g/mol. The molecule has 0 atom stereocenters. The van der Waals surface area contributed by atoms with Crippen LogP contribution in [0.4, 0.5) is 14.5 Å². The van der Waals surface area contributed by atoms with Gasteiger partial charge in [-0.2, -0.15) is 0 Å². The normalized spacial score (nSPS) is 10.4. The molecule has 0 bridgehead atoms. The molecule has 1 rings (SSSR count). The maximum atomic E-state index is 13.2. The molecule has 0 heterocycles. The van der Waals surface area contributed by atoms with E-state index in [4.69, 9.17) is 5.73 Å². The van der Waals surface area contributed by atoms with Crippen LogP contribution in [-0.2, 0) is 9.59 Å². The van der Waals surface area contributed by atoms with Gasteiger partial charge in [0.2, 0.25) is 11.8 Å². The summed E-state index contributed by atoms with van der Waals surface area (Å²) in [5.41, 5.74) is 4.70. The van der Waals surface area contributed by atoms with Crippen molar-refractivity contribution in [2.75, 3.05) is 25.5 Å². The van der Waals surface area contributed by atoms with Gasteiger partial charge in [-0.1, -0.05) is 0 Å². The van der Waals surface area contributed by atoms with Crippen molar-refractivity contribution in [3.05, 3.63) is 29.8 Å². The Morgan fingerprint density at radius 3 is 2.61 bits per heavy atom. The van der Waals surface area contributed by atoms with E-state index in [-0.39, 0.29) is 18.8 Å². The SMILES string of the molecule is CN(CC(N)=O)CC(=O)Nc1cc(F)ccc1F. The molecule has 0 aromatic heterocycles. The van der Waals surface area contributed by atoms with Crippen LogP contribution < -0.4 is 11.1 Å². The topological polar surface area (TPSA) is 75.4 Å². The van der Waals surface area contributed by atoms with Crippen molar-refractivity contribution < 1.29 is 18.4 Å². The number of nitrogens with zero attached hydrogens (tertiary/aromatic N) is 1. The van der Waals surface area contributed by atoms with E-state index in [9.17, 15) is 18.4 Å². The van der Waals surface area contributed by atoms with E-state index < -0.39 is 23.4 Å². The van der Waals surface area contributed by atoms with Gasteiger partial charge in [0.05, 0.1) is 18.8 Å². The highest BCUT2D eigenvalue weighted by molar-refractivity contribution is 5.92. The summed E-state index contributed by atoms with van der Waals surface area (Å²) in [5, 5.41) is 2.21. The molecule has 0 aliphatic carbocycles. The molecule has 5 nitrogen and oxygen atoms in total. The van der Waals surface area contributed by atoms with Crippen molar-refractivity contribution >= 4 is 17.5 Å². The molecule has 0 saturated heterocycles. The first kappa shape index (κ1) is 14.0. The first-order valence-corrected chi connectivity index (χ1v) is 5.10. The van der Waals surface area contributed by atoms with Gasteiger partial charge in [-0.25, -0.2) is 8.78 Å². The Labute approximate surface area is 103 Å². The Hall–Kier alpha value is -2.02. The van der Waals surface area contributed by atoms with Gasteiger partial charge in [-0.3, -0.25) is 14.5 Å². The number of nitrogens with two attached hydrogens (primary N) is 1. The zero-order chi connectivity index (χ0) is 13.7. The third-order valence-electron chi connectivity index (χ3n) is 2.04. The van der Waals surface area contributed by atoms with Gasteiger partial charge < -0.3 is 11.1 Å². The fourth-order valence-electron chi connectivity index (χ4n) is 1.35. The first-order chi connectivity index (χ1) is 8.38. The molecular weight excluding hydrogens is 244 g/mol. The van der Waals surface area contributed by atoms with Gasteiger partial charge in [-0.05, 0) is 19.2 Å². The maximum Gasteiger partial charge on any atom is 0.238 e. The standard InChI is InChI=1S/C11H13F2N3O2/c1-16(5-10(14)17)6-11(18)15-9-4-7(12)2-3-8(9)13/h2-4H,5-6H2,1H3,(H2,14,17)(H,15,18). The molecule has 0 fully saturated rings. The largest absolute Gasteiger partial charge is 0.369 e. The lowest BCUT2D eigenvalue weighted by Gasteiger charge is -2.14. The Kier molecular flexibility index (Phi) is 4.73. The van der Waals surface area contributed by atoms with Crippen LogP contribution >= 0.6 is 0 Å². The zero-order valence-electron chi connectivity index (χ0n) is 9.74. The summed E-state index contributed by atoms with van der Waals surface area (Å²) in [4.78, 5) is 23.4. The second kappa shape index (κ2) is 6.06. The number of amides is 2. The van der Waals surface area contributed by atoms with Crippen LogP contribution in [0.3, 0.4) is 0 Å². The van der Waals surface area contributed by atoms with E-state index >= 15 is 0 Å². The second-order valence-electron chi connectivity index (χ2n) is 3.81. The van der Waals surface area contributed by atoms with Gasteiger partial charge in [0.1, 0.15) is 11.6 Å². The molecular formula is C11H13F2N3O2. The number of likely N-dealkylation sites (N-methyl/N-ethyl adjacent to an activating group) is 1. The maximum absolute atomic E-state index is 13.2. The molecule has 2 amide bonds. The van der Waals surface area contributed by atoms with E-state index in [2.05, 4.69) is 5.32 Å². The minimum atomic E-state index is -0.734. The lowest BCUT2D eigenvalue weighted by molar-refractivity contribution is -0.120. The molecule has 3 N–H and O–H groups in total. The van der Waals surface area contributed by atoms with E-state index in [0.717, 1.165) is 18.2 Å². The average Bonchev–Trinajstić information content (AvgIpc) is 2.21. The van der Waals surface area contributed by atoms with Crippen LogP contribution in [0.2, 0.25) is 0 Å². The number of hydrogen-bond acceptors (Lipinski definition) is 3. The van der Waals surface area contributed by atoms with Crippen LogP contribution in [0.15, 0.2) is 18.2 Å². The van der Waals surface area contributed by atoms with Gasteiger partial charge in [0, 0.05) is 6.07 Å². The lowest BCUT2D eigenvalue weighted by atomic mass is 10.3. The number of nitrogens with one attached hydrogen (secondary N) is 1. The molecule has 98 valence electrons. The quantitative estimate of drug-likeness (QED) is 0.797. The van der Waals surface area contributed by atoms with E-state index in [1.807, 2.05) is 0 Å². The number of anilines is 1. The molecule has 7 heteroatoms. The van der Waals surface area contributed by atoms with Crippen molar-refractivity contribution in [1.82, 2.24) is 4.90 Å². The van der Waals surface area contributed by atoms with Crippen LogP contribution in [0.25, 0.3) is 0 Å². The molecule has 0 radical (unpaired) electrons. The summed E-state index contributed by atoms with van der Waals surface area (Å²) >= 11 is 0. The highest BCUT2D eigenvalue weighted by Gasteiger charge is 2.11. The predicted octanol–water partition coefficient (Wildman–Crippen LogP) is 0.320. The summed E-state index contributed by atoms with van der Waals surface area (Å²) in [6.45, 7) is -0.252. The molecule has 1 aromatic carbocycles. The molecule has 0 aliphatic heterocycles. The number of rotatable bonds is 5. The summed E-state index contributed by atoms with van der Waals surface area (Å²) in [6.07, 6.45) is 0. The Balaban J connectivity index is 2.59. The average molecular weight is 257 g/mol. The fourth-order valence-corrected chi connectivity index (χ4v) is 1.35. The summed E-state index contributed by atoms with van der Waals surface area (Å²) < 4.78 is 26.1. The van der Waals surface area contributed by atoms with Crippen LogP contribution in [0.5, 0.6) is 0 Å². The van der Waals surface area contributed by atoms with Gasteiger partial charge >= 0.3 is 0 Å².